The summed E-state index contributed by atoms with van der Waals surface area (Å²) in [6.07, 6.45) is 0.759. The van der Waals surface area contributed by atoms with Crippen LogP contribution in [-0.4, -0.2) is 38.9 Å². The molecule has 2 aromatic carbocycles. The summed E-state index contributed by atoms with van der Waals surface area (Å²) in [6, 6.07) is 14.7. The Balaban J connectivity index is 1.76. The van der Waals surface area contributed by atoms with Crippen molar-refractivity contribution >= 4 is 31.6 Å². The van der Waals surface area contributed by atoms with E-state index in [4.69, 9.17) is 5.26 Å². The second-order valence-electron chi connectivity index (χ2n) is 6.31. The molecule has 3 rings (SSSR count). The first kappa shape index (κ1) is 18.9. The van der Waals surface area contributed by atoms with Gasteiger partial charge in [-0.15, -0.1) is 0 Å². The zero-order chi connectivity index (χ0) is 18.7. The third-order valence-electron chi connectivity index (χ3n) is 4.58. The molecular formula is C19H20BrN3O2S. The van der Waals surface area contributed by atoms with Gasteiger partial charge in [-0.1, -0.05) is 15.9 Å². The lowest BCUT2D eigenvalue weighted by Crippen LogP contribution is -2.35. The van der Waals surface area contributed by atoms with Crippen LogP contribution in [0.5, 0.6) is 0 Å². The minimum absolute atomic E-state index is 0.338. The molecule has 0 bridgehead atoms. The van der Waals surface area contributed by atoms with Crippen LogP contribution in [0.2, 0.25) is 0 Å². The molecule has 7 heteroatoms. The van der Waals surface area contributed by atoms with E-state index in [9.17, 15) is 8.42 Å². The number of benzene rings is 2. The summed E-state index contributed by atoms with van der Waals surface area (Å²) in [5.41, 5.74) is 2.54. The van der Waals surface area contributed by atoms with Crippen LogP contribution in [0.1, 0.15) is 17.5 Å². The van der Waals surface area contributed by atoms with Gasteiger partial charge < -0.3 is 4.90 Å². The molecule has 0 unspecified atom stereocenters. The van der Waals surface area contributed by atoms with Gasteiger partial charge in [-0.3, -0.25) is 0 Å². The highest BCUT2D eigenvalue weighted by Crippen LogP contribution is 2.24. The number of hydrogen-bond donors (Lipinski definition) is 0. The maximum Gasteiger partial charge on any atom is 0.243 e. The van der Waals surface area contributed by atoms with Crippen molar-refractivity contribution < 1.29 is 8.42 Å². The fourth-order valence-corrected chi connectivity index (χ4v) is 4.87. The van der Waals surface area contributed by atoms with E-state index in [1.807, 2.05) is 19.1 Å². The van der Waals surface area contributed by atoms with Gasteiger partial charge in [-0.25, -0.2) is 8.42 Å². The average Bonchev–Trinajstić information content (AvgIpc) is 2.90. The number of nitriles is 1. The quantitative estimate of drug-likeness (QED) is 0.742. The Labute approximate surface area is 163 Å². The first-order chi connectivity index (χ1) is 12.4. The largest absolute Gasteiger partial charge is 0.370 e. The maximum atomic E-state index is 13.0. The van der Waals surface area contributed by atoms with Gasteiger partial charge in [-0.05, 0) is 61.4 Å². The molecule has 1 fully saturated rings. The molecule has 0 N–H and O–H groups in total. The number of nitrogens with zero attached hydrogens (tertiary/aromatic N) is 3. The van der Waals surface area contributed by atoms with Gasteiger partial charge in [0, 0.05) is 36.3 Å². The second kappa shape index (κ2) is 7.78. The lowest BCUT2D eigenvalue weighted by Gasteiger charge is -2.23. The molecule has 0 atom stereocenters. The van der Waals surface area contributed by atoms with E-state index < -0.39 is 10.0 Å². The van der Waals surface area contributed by atoms with E-state index >= 15 is 0 Å². The number of sulfonamides is 1. The molecule has 0 aromatic heterocycles. The van der Waals surface area contributed by atoms with Crippen molar-refractivity contribution in [2.75, 3.05) is 31.1 Å². The van der Waals surface area contributed by atoms with E-state index in [-0.39, 0.29) is 0 Å². The maximum absolute atomic E-state index is 13.0. The van der Waals surface area contributed by atoms with Crippen molar-refractivity contribution in [2.24, 2.45) is 0 Å². The fourth-order valence-electron chi connectivity index (χ4n) is 3.07. The zero-order valence-electron chi connectivity index (χ0n) is 14.5. The molecule has 26 heavy (non-hydrogen) atoms. The Hall–Kier alpha value is -1.88. The Bertz CT molecular complexity index is 936. The number of halogens is 1. The van der Waals surface area contributed by atoms with E-state index in [0.717, 1.165) is 28.7 Å². The summed E-state index contributed by atoms with van der Waals surface area (Å²) in [5, 5.41) is 8.91. The molecule has 1 heterocycles. The van der Waals surface area contributed by atoms with Crippen molar-refractivity contribution in [1.29, 1.82) is 5.26 Å². The summed E-state index contributed by atoms with van der Waals surface area (Å²) < 4.78 is 28.4. The van der Waals surface area contributed by atoms with Crippen molar-refractivity contribution in [3.8, 4) is 6.07 Å². The minimum Gasteiger partial charge on any atom is -0.370 e. The molecule has 0 spiro atoms. The van der Waals surface area contributed by atoms with Gasteiger partial charge in [0.25, 0.3) is 0 Å². The van der Waals surface area contributed by atoms with Crippen LogP contribution in [0.15, 0.2) is 51.8 Å². The van der Waals surface area contributed by atoms with Gasteiger partial charge >= 0.3 is 0 Å². The van der Waals surface area contributed by atoms with Crippen LogP contribution in [0.3, 0.4) is 0 Å². The standard InChI is InChI=1S/C19H20BrN3O2S/c1-15-13-18(7-8-19(15)20)26(24,25)23-10-2-9-22(11-12-23)17-5-3-16(14-21)4-6-17/h3-8,13H,2,9-12H2,1H3. The predicted octanol–water partition coefficient (Wildman–Crippen LogP) is 3.53. The summed E-state index contributed by atoms with van der Waals surface area (Å²) in [7, 11) is -3.50. The van der Waals surface area contributed by atoms with Crippen molar-refractivity contribution in [3.05, 3.63) is 58.1 Å². The molecular weight excluding hydrogens is 414 g/mol. The molecule has 1 saturated heterocycles. The first-order valence-corrected chi connectivity index (χ1v) is 10.7. The Morgan fingerprint density at radius 2 is 1.77 bits per heavy atom. The molecule has 0 amide bonds. The topological polar surface area (TPSA) is 64.4 Å². The minimum atomic E-state index is -3.50. The van der Waals surface area contributed by atoms with Crippen LogP contribution in [0, 0.1) is 18.3 Å². The molecule has 0 aliphatic carbocycles. The molecule has 2 aromatic rings. The zero-order valence-corrected chi connectivity index (χ0v) is 16.9. The second-order valence-corrected chi connectivity index (χ2v) is 9.11. The molecule has 0 radical (unpaired) electrons. The van der Waals surface area contributed by atoms with Crippen molar-refractivity contribution in [3.63, 3.8) is 0 Å². The lowest BCUT2D eigenvalue weighted by molar-refractivity contribution is 0.433. The number of anilines is 1. The van der Waals surface area contributed by atoms with Crippen LogP contribution in [-0.2, 0) is 10.0 Å². The van der Waals surface area contributed by atoms with Gasteiger partial charge in [0.05, 0.1) is 16.5 Å². The molecule has 0 saturated carbocycles. The van der Waals surface area contributed by atoms with Crippen LogP contribution >= 0.6 is 15.9 Å². The highest BCUT2D eigenvalue weighted by Gasteiger charge is 2.27. The Morgan fingerprint density at radius 1 is 1.04 bits per heavy atom. The van der Waals surface area contributed by atoms with Gasteiger partial charge in [0.15, 0.2) is 0 Å². The SMILES string of the molecule is Cc1cc(S(=O)(=O)N2CCCN(c3ccc(C#N)cc3)CC2)ccc1Br. The van der Waals surface area contributed by atoms with Gasteiger partial charge in [0.1, 0.15) is 0 Å². The highest BCUT2D eigenvalue weighted by molar-refractivity contribution is 9.10. The Kier molecular flexibility index (Phi) is 5.66. The van der Waals surface area contributed by atoms with Gasteiger partial charge in [0.2, 0.25) is 10.0 Å². The third-order valence-corrected chi connectivity index (χ3v) is 7.37. The van der Waals surface area contributed by atoms with Crippen LogP contribution in [0.25, 0.3) is 0 Å². The monoisotopic (exact) mass is 433 g/mol. The molecule has 1 aliphatic rings. The van der Waals surface area contributed by atoms with E-state index in [1.165, 1.54) is 0 Å². The van der Waals surface area contributed by atoms with E-state index in [1.54, 1.807) is 34.6 Å². The fraction of sp³-hybridized carbons (Fsp3) is 0.316. The van der Waals surface area contributed by atoms with Crippen molar-refractivity contribution in [2.45, 2.75) is 18.2 Å². The van der Waals surface area contributed by atoms with E-state index in [2.05, 4.69) is 26.9 Å². The summed E-state index contributed by atoms with van der Waals surface area (Å²) in [6.45, 7) is 4.25. The smallest absolute Gasteiger partial charge is 0.243 e. The normalized spacial score (nSPS) is 16.1. The first-order valence-electron chi connectivity index (χ1n) is 8.43. The van der Waals surface area contributed by atoms with Crippen LogP contribution < -0.4 is 4.90 Å². The summed E-state index contributed by atoms with van der Waals surface area (Å²) >= 11 is 3.41. The summed E-state index contributed by atoms with van der Waals surface area (Å²) in [5.74, 6) is 0. The molecule has 5 nitrogen and oxygen atoms in total. The van der Waals surface area contributed by atoms with Gasteiger partial charge in [-0.2, -0.15) is 9.57 Å². The van der Waals surface area contributed by atoms with Crippen molar-refractivity contribution in [1.82, 2.24) is 4.31 Å². The highest BCUT2D eigenvalue weighted by atomic mass is 79.9. The molecule has 1 aliphatic heterocycles. The van der Waals surface area contributed by atoms with Crippen LogP contribution in [0.4, 0.5) is 5.69 Å². The number of aryl methyl sites for hydroxylation is 1. The lowest BCUT2D eigenvalue weighted by atomic mass is 10.2. The van der Waals surface area contributed by atoms with E-state index in [0.29, 0.717) is 30.1 Å². The Morgan fingerprint density at radius 3 is 2.42 bits per heavy atom. The third kappa shape index (κ3) is 3.93. The number of hydrogen-bond acceptors (Lipinski definition) is 4. The average molecular weight is 434 g/mol. The molecule has 136 valence electrons. The number of rotatable bonds is 3. The predicted molar refractivity (Wildman–Crippen MR) is 106 cm³/mol. The summed E-state index contributed by atoms with van der Waals surface area (Å²) in [4.78, 5) is 2.51.